The van der Waals surface area contributed by atoms with Gasteiger partial charge < -0.3 is 15.6 Å². The molecule has 1 aliphatic rings. The Labute approximate surface area is 103 Å². The van der Waals surface area contributed by atoms with Crippen molar-refractivity contribution in [1.29, 1.82) is 0 Å². The molecular weight excluding hydrogens is 245 g/mol. The molecule has 1 aromatic rings. The smallest absolute Gasteiger partial charge is 0.203 e. The molecule has 1 aliphatic heterocycles. The van der Waals surface area contributed by atoms with E-state index >= 15 is 0 Å². The summed E-state index contributed by atoms with van der Waals surface area (Å²) < 4.78 is 21.3. The number of nitrogens with two attached hydrogens (primary N) is 1. The van der Waals surface area contributed by atoms with Crippen LogP contribution in [0.15, 0.2) is 12.3 Å². The molecule has 3 N–H and O–H groups in total. The second-order valence-electron chi connectivity index (χ2n) is 4.32. The van der Waals surface area contributed by atoms with Gasteiger partial charge in [0.05, 0.1) is 12.7 Å². The summed E-state index contributed by atoms with van der Waals surface area (Å²) in [5.74, 6) is 0.281. The van der Waals surface area contributed by atoms with Crippen LogP contribution in [-0.2, 0) is 4.74 Å². The third kappa shape index (κ3) is 2.31. The van der Waals surface area contributed by atoms with Crippen LogP contribution in [0.3, 0.4) is 0 Å². The molecule has 2 heterocycles. The zero-order chi connectivity index (χ0) is 12.6. The molecule has 1 fully saturated rings. The minimum Gasteiger partial charge on any atom is -0.394 e. The monoisotopic (exact) mass is 259 g/mol. The van der Waals surface area contributed by atoms with Crippen molar-refractivity contribution in [2.45, 2.75) is 31.3 Å². The summed E-state index contributed by atoms with van der Waals surface area (Å²) in [6.45, 7) is 1.21. The summed E-state index contributed by atoms with van der Waals surface area (Å²) in [6.07, 6.45) is 0.280. The first kappa shape index (κ1) is 12.4. The average Bonchev–Trinajstić information content (AvgIpc) is 2.54. The lowest BCUT2D eigenvalue weighted by molar-refractivity contribution is -0.0599. The first-order valence-corrected chi connectivity index (χ1v) is 5.65. The highest BCUT2D eigenvalue weighted by atomic mass is 32.1. The molecule has 0 spiro atoms. The van der Waals surface area contributed by atoms with E-state index in [9.17, 15) is 4.39 Å². The molecule has 5 nitrogen and oxygen atoms in total. The number of hydrogen-bond acceptors (Lipinski definition) is 5. The van der Waals surface area contributed by atoms with E-state index in [4.69, 9.17) is 27.8 Å². The van der Waals surface area contributed by atoms with Gasteiger partial charge in [-0.2, -0.15) is 0 Å². The number of aliphatic hydroxyl groups is 1. The number of anilines is 1. The number of aromatic nitrogens is 2. The number of hydrogen-bond donors (Lipinski definition) is 2. The fourth-order valence-corrected chi connectivity index (χ4v) is 2.25. The highest BCUT2D eigenvalue weighted by molar-refractivity contribution is 7.71. The maximum absolute atomic E-state index is 14.3. The molecule has 1 saturated heterocycles. The Morgan fingerprint density at radius 2 is 2.53 bits per heavy atom. The Hall–Kier alpha value is -1.05. The van der Waals surface area contributed by atoms with Gasteiger partial charge in [-0.3, -0.25) is 4.57 Å². The van der Waals surface area contributed by atoms with Crippen molar-refractivity contribution in [2.24, 2.45) is 0 Å². The Bertz CT molecular complexity index is 477. The third-order valence-corrected chi connectivity index (χ3v) is 3.07. The van der Waals surface area contributed by atoms with Crippen molar-refractivity contribution in [3.05, 3.63) is 17.0 Å². The van der Waals surface area contributed by atoms with Gasteiger partial charge in [-0.1, -0.05) is 0 Å². The van der Waals surface area contributed by atoms with Gasteiger partial charge in [-0.15, -0.1) is 0 Å². The quantitative estimate of drug-likeness (QED) is 0.781. The van der Waals surface area contributed by atoms with E-state index in [1.54, 1.807) is 6.20 Å². The van der Waals surface area contributed by atoms with Crippen LogP contribution in [0.5, 0.6) is 0 Å². The van der Waals surface area contributed by atoms with E-state index in [0.29, 0.717) is 0 Å². The molecule has 0 aliphatic carbocycles. The fourth-order valence-electron chi connectivity index (χ4n) is 1.99. The van der Waals surface area contributed by atoms with Gasteiger partial charge in [0, 0.05) is 12.6 Å². The molecule has 3 atom stereocenters. The van der Waals surface area contributed by atoms with Crippen molar-refractivity contribution in [3.63, 3.8) is 0 Å². The molecule has 1 aromatic heterocycles. The van der Waals surface area contributed by atoms with Crippen molar-refractivity contribution in [2.75, 3.05) is 12.3 Å². The minimum atomic E-state index is -1.59. The molecule has 1 unspecified atom stereocenters. The Kier molecular flexibility index (Phi) is 3.15. The van der Waals surface area contributed by atoms with Crippen LogP contribution in [-0.4, -0.2) is 33.0 Å². The number of alkyl halides is 1. The van der Waals surface area contributed by atoms with Crippen molar-refractivity contribution in [3.8, 4) is 0 Å². The van der Waals surface area contributed by atoms with Crippen molar-refractivity contribution in [1.82, 2.24) is 9.55 Å². The molecule has 17 heavy (non-hydrogen) atoms. The number of halogens is 1. The standard InChI is InChI=1S/C10H14FN3O2S/c1-10(11)4-6(5-15)16-8(10)14-3-2-7(12)13-9(14)17/h2-3,6,8,15H,4-5H2,1H3,(H2,12,13,17)/t6-,8+,10?/m0/s1. The van der Waals surface area contributed by atoms with E-state index in [0.717, 1.165) is 0 Å². The van der Waals surface area contributed by atoms with Crippen LogP contribution in [0.1, 0.15) is 19.6 Å². The molecule has 7 heteroatoms. The summed E-state index contributed by atoms with van der Waals surface area (Å²) in [5.41, 5.74) is 3.89. The molecule has 94 valence electrons. The Balaban J connectivity index is 2.37. The van der Waals surface area contributed by atoms with E-state index in [2.05, 4.69) is 4.98 Å². The van der Waals surface area contributed by atoms with Gasteiger partial charge in [0.1, 0.15) is 5.82 Å². The predicted molar refractivity (Wildman–Crippen MR) is 62.6 cm³/mol. The first-order chi connectivity index (χ1) is 7.94. The molecule has 0 aromatic carbocycles. The Morgan fingerprint density at radius 3 is 3.06 bits per heavy atom. The summed E-state index contributed by atoms with van der Waals surface area (Å²) in [6, 6.07) is 1.53. The zero-order valence-electron chi connectivity index (χ0n) is 9.34. The van der Waals surface area contributed by atoms with E-state index in [1.807, 2.05) is 0 Å². The maximum atomic E-state index is 14.3. The topological polar surface area (TPSA) is 73.3 Å². The predicted octanol–water partition coefficient (Wildman–Crippen LogP) is 1.20. The van der Waals surface area contributed by atoms with E-state index in [1.165, 1.54) is 17.6 Å². The van der Waals surface area contributed by atoms with Gasteiger partial charge in [-0.25, -0.2) is 9.37 Å². The van der Waals surface area contributed by atoms with Gasteiger partial charge in [0.25, 0.3) is 0 Å². The zero-order valence-corrected chi connectivity index (χ0v) is 10.2. The van der Waals surface area contributed by atoms with Gasteiger partial charge in [0.2, 0.25) is 4.77 Å². The summed E-state index contributed by atoms with van der Waals surface area (Å²) in [4.78, 5) is 3.88. The normalized spacial score (nSPS) is 32.9. The average molecular weight is 259 g/mol. The van der Waals surface area contributed by atoms with Crippen LogP contribution in [0.2, 0.25) is 0 Å². The van der Waals surface area contributed by atoms with Crippen LogP contribution in [0.25, 0.3) is 0 Å². The molecule has 0 radical (unpaired) electrons. The highest BCUT2D eigenvalue weighted by Crippen LogP contribution is 2.40. The molecule has 0 bridgehead atoms. The fraction of sp³-hybridized carbons (Fsp3) is 0.600. The van der Waals surface area contributed by atoms with E-state index in [-0.39, 0.29) is 23.6 Å². The first-order valence-electron chi connectivity index (χ1n) is 5.24. The lowest BCUT2D eigenvalue weighted by atomic mass is 10.0. The molecular formula is C10H14FN3O2S. The molecule has 2 rings (SSSR count). The Morgan fingerprint density at radius 1 is 1.82 bits per heavy atom. The lowest BCUT2D eigenvalue weighted by Gasteiger charge is -2.23. The SMILES string of the molecule is CC1(F)C[C@@H](CO)O[C@H]1n1ccc(N)nc1=S. The van der Waals surface area contributed by atoms with Gasteiger partial charge in [-0.05, 0) is 25.2 Å². The summed E-state index contributed by atoms with van der Waals surface area (Å²) in [7, 11) is 0. The van der Waals surface area contributed by atoms with Crippen LogP contribution >= 0.6 is 12.2 Å². The largest absolute Gasteiger partial charge is 0.394 e. The second kappa shape index (κ2) is 4.32. The van der Waals surface area contributed by atoms with Gasteiger partial charge >= 0.3 is 0 Å². The lowest BCUT2D eigenvalue weighted by Crippen LogP contribution is -2.28. The summed E-state index contributed by atoms with van der Waals surface area (Å²) >= 11 is 5.02. The van der Waals surface area contributed by atoms with Crippen LogP contribution < -0.4 is 5.73 Å². The van der Waals surface area contributed by atoms with Crippen molar-refractivity contribution >= 4 is 18.0 Å². The number of aliphatic hydroxyl groups excluding tert-OH is 1. The van der Waals surface area contributed by atoms with E-state index < -0.39 is 18.0 Å². The van der Waals surface area contributed by atoms with Gasteiger partial charge in [0.15, 0.2) is 11.9 Å². The highest BCUT2D eigenvalue weighted by Gasteiger charge is 2.46. The number of rotatable bonds is 2. The van der Waals surface area contributed by atoms with Crippen LogP contribution in [0, 0.1) is 4.77 Å². The number of nitrogen functional groups attached to an aromatic ring is 1. The molecule has 0 amide bonds. The van der Waals surface area contributed by atoms with Crippen molar-refractivity contribution < 1.29 is 14.2 Å². The molecule has 0 saturated carbocycles. The summed E-state index contributed by atoms with van der Waals surface area (Å²) in [5, 5.41) is 9.01. The number of ether oxygens (including phenoxy) is 1. The van der Waals surface area contributed by atoms with Crippen LogP contribution in [0.4, 0.5) is 10.2 Å². The second-order valence-corrected chi connectivity index (χ2v) is 4.68. The number of nitrogens with zero attached hydrogens (tertiary/aromatic N) is 2. The third-order valence-electron chi connectivity index (χ3n) is 2.77. The maximum Gasteiger partial charge on any atom is 0.203 e. The minimum absolute atomic E-state index is 0.125.